The highest BCUT2D eigenvalue weighted by molar-refractivity contribution is 5.94. The summed E-state index contributed by atoms with van der Waals surface area (Å²) in [5.74, 6) is 0.327. The predicted molar refractivity (Wildman–Crippen MR) is 74.8 cm³/mol. The molecule has 1 aromatic heterocycles. The number of nitrogen functional groups attached to an aromatic ring is 1. The van der Waals surface area contributed by atoms with E-state index in [2.05, 4.69) is 5.10 Å². The van der Waals surface area contributed by atoms with Crippen molar-refractivity contribution in [1.82, 2.24) is 9.78 Å². The van der Waals surface area contributed by atoms with Crippen LogP contribution >= 0.6 is 0 Å². The van der Waals surface area contributed by atoms with Gasteiger partial charge in [0.25, 0.3) is 0 Å². The van der Waals surface area contributed by atoms with Gasteiger partial charge in [-0.25, -0.2) is 9.48 Å². The highest BCUT2D eigenvalue weighted by Gasteiger charge is 2.18. The highest BCUT2D eigenvalue weighted by atomic mass is 16.5. The molecule has 0 saturated heterocycles. The second-order valence-corrected chi connectivity index (χ2v) is 4.29. The number of carbonyl (C=O) groups excluding carboxylic acids is 1. The van der Waals surface area contributed by atoms with Gasteiger partial charge >= 0.3 is 5.97 Å². The van der Waals surface area contributed by atoms with E-state index in [0.717, 1.165) is 5.69 Å². The molecular formula is C14H17N3O3. The van der Waals surface area contributed by atoms with Crippen LogP contribution in [0.4, 0.5) is 5.69 Å². The van der Waals surface area contributed by atoms with E-state index in [1.807, 2.05) is 6.92 Å². The molecule has 0 spiro atoms. The number of nitrogens with zero attached hydrogens (tertiary/aromatic N) is 2. The minimum atomic E-state index is -0.464. The van der Waals surface area contributed by atoms with Crippen LogP contribution in [0.5, 0.6) is 11.6 Å². The number of aromatic nitrogens is 2. The minimum Gasteiger partial charge on any atom is -0.462 e. The number of carbonyl (C=O) groups is 1. The van der Waals surface area contributed by atoms with E-state index in [4.69, 9.17) is 15.2 Å². The molecule has 0 bridgehead atoms. The first-order chi connectivity index (χ1) is 9.52. The summed E-state index contributed by atoms with van der Waals surface area (Å²) < 4.78 is 12.3. The number of esters is 1. The average Bonchev–Trinajstić information content (AvgIpc) is 2.70. The summed E-state index contributed by atoms with van der Waals surface area (Å²) in [5, 5.41) is 4.18. The van der Waals surface area contributed by atoms with Crippen molar-refractivity contribution in [3.63, 3.8) is 0 Å². The number of hydrogen-bond acceptors (Lipinski definition) is 5. The van der Waals surface area contributed by atoms with Gasteiger partial charge in [0.05, 0.1) is 18.0 Å². The molecule has 6 heteroatoms. The zero-order chi connectivity index (χ0) is 14.7. The number of anilines is 1. The first kappa shape index (κ1) is 13.9. The number of nitrogens with two attached hydrogens (primary N) is 1. The molecule has 2 aromatic rings. The molecular weight excluding hydrogens is 258 g/mol. The zero-order valence-electron chi connectivity index (χ0n) is 11.7. The Morgan fingerprint density at radius 1 is 1.45 bits per heavy atom. The highest BCUT2D eigenvalue weighted by Crippen LogP contribution is 2.31. The van der Waals surface area contributed by atoms with Crippen molar-refractivity contribution in [3.8, 4) is 11.6 Å². The first-order valence-electron chi connectivity index (χ1n) is 6.27. The molecule has 0 saturated carbocycles. The largest absolute Gasteiger partial charge is 0.462 e. The summed E-state index contributed by atoms with van der Waals surface area (Å²) in [6.07, 6.45) is 0. The fourth-order valence-electron chi connectivity index (χ4n) is 1.83. The Bertz CT molecular complexity index is 635. The lowest BCUT2D eigenvalue weighted by Gasteiger charge is -2.12. The number of aryl methyl sites for hydroxylation is 2. The maximum Gasteiger partial charge on any atom is 0.342 e. The molecule has 0 fully saturated rings. The normalized spacial score (nSPS) is 10.3. The molecule has 0 aliphatic heterocycles. The monoisotopic (exact) mass is 275 g/mol. The van der Waals surface area contributed by atoms with Crippen molar-refractivity contribution in [1.29, 1.82) is 0 Å². The summed E-state index contributed by atoms with van der Waals surface area (Å²) in [5.41, 5.74) is 7.38. The molecule has 106 valence electrons. The molecule has 0 aliphatic carbocycles. The third-order valence-corrected chi connectivity index (χ3v) is 2.71. The van der Waals surface area contributed by atoms with Gasteiger partial charge in [-0.05, 0) is 26.0 Å². The summed E-state index contributed by atoms with van der Waals surface area (Å²) in [6.45, 7) is 3.89. The van der Waals surface area contributed by atoms with E-state index in [9.17, 15) is 4.79 Å². The SMILES string of the molecule is CCOC(=O)c1cccc(N)c1Oc1cc(C)nn1C. The van der Waals surface area contributed by atoms with E-state index in [0.29, 0.717) is 17.1 Å². The van der Waals surface area contributed by atoms with Crippen LogP contribution in [-0.4, -0.2) is 22.4 Å². The average molecular weight is 275 g/mol. The van der Waals surface area contributed by atoms with Crippen LogP contribution in [-0.2, 0) is 11.8 Å². The third-order valence-electron chi connectivity index (χ3n) is 2.71. The maximum atomic E-state index is 11.9. The van der Waals surface area contributed by atoms with E-state index >= 15 is 0 Å². The van der Waals surface area contributed by atoms with Crippen molar-refractivity contribution in [2.24, 2.45) is 7.05 Å². The zero-order valence-corrected chi connectivity index (χ0v) is 11.7. The Labute approximate surface area is 117 Å². The van der Waals surface area contributed by atoms with E-state index < -0.39 is 5.97 Å². The molecule has 0 atom stereocenters. The van der Waals surface area contributed by atoms with E-state index in [-0.39, 0.29) is 12.4 Å². The maximum absolute atomic E-state index is 11.9. The van der Waals surface area contributed by atoms with Crippen molar-refractivity contribution in [2.75, 3.05) is 12.3 Å². The van der Waals surface area contributed by atoms with Gasteiger partial charge in [-0.15, -0.1) is 0 Å². The Kier molecular flexibility index (Phi) is 3.93. The number of ether oxygens (including phenoxy) is 2. The van der Waals surface area contributed by atoms with Crippen molar-refractivity contribution >= 4 is 11.7 Å². The van der Waals surface area contributed by atoms with Crippen LogP contribution in [0.15, 0.2) is 24.3 Å². The Hall–Kier alpha value is -2.50. The number of benzene rings is 1. The third kappa shape index (κ3) is 2.74. The molecule has 0 amide bonds. The number of hydrogen-bond donors (Lipinski definition) is 1. The fourth-order valence-corrected chi connectivity index (χ4v) is 1.83. The van der Waals surface area contributed by atoms with Gasteiger partial charge in [0.2, 0.25) is 5.88 Å². The lowest BCUT2D eigenvalue weighted by Crippen LogP contribution is -2.08. The lowest BCUT2D eigenvalue weighted by atomic mass is 10.1. The number of rotatable bonds is 4. The van der Waals surface area contributed by atoms with E-state index in [1.54, 1.807) is 42.9 Å². The van der Waals surface area contributed by atoms with Crippen molar-refractivity contribution in [2.45, 2.75) is 13.8 Å². The van der Waals surface area contributed by atoms with Crippen LogP contribution in [0.25, 0.3) is 0 Å². The summed E-state index contributed by atoms with van der Waals surface area (Å²) in [4.78, 5) is 11.9. The van der Waals surface area contributed by atoms with Gasteiger partial charge in [0, 0.05) is 13.1 Å². The Balaban J connectivity index is 2.40. The molecule has 0 radical (unpaired) electrons. The minimum absolute atomic E-state index is 0.286. The van der Waals surface area contributed by atoms with Crippen molar-refractivity contribution < 1.29 is 14.3 Å². The van der Waals surface area contributed by atoms with Gasteiger partial charge in [0.1, 0.15) is 5.56 Å². The second kappa shape index (κ2) is 5.64. The molecule has 6 nitrogen and oxygen atoms in total. The summed E-state index contributed by atoms with van der Waals surface area (Å²) in [7, 11) is 1.76. The Morgan fingerprint density at radius 2 is 2.20 bits per heavy atom. The molecule has 2 N–H and O–H groups in total. The predicted octanol–water partition coefficient (Wildman–Crippen LogP) is 2.28. The van der Waals surface area contributed by atoms with Gasteiger partial charge in [-0.1, -0.05) is 6.07 Å². The van der Waals surface area contributed by atoms with Crippen LogP contribution in [0.2, 0.25) is 0 Å². The number of para-hydroxylation sites is 1. The van der Waals surface area contributed by atoms with Crippen molar-refractivity contribution in [3.05, 3.63) is 35.5 Å². The van der Waals surface area contributed by atoms with Crippen LogP contribution in [0, 0.1) is 6.92 Å². The van der Waals surface area contributed by atoms with Crippen LogP contribution in [0.1, 0.15) is 23.0 Å². The molecule has 1 heterocycles. The molecule has 0 aliphatic rings. The molecule has 2 rings (SSSR count). The van der Waals surface area contributed by atoms with Gasteiger partial charge in [0.15, 0.2) is 5.75 Å². The summed E-state index contributed by atoms with van der Waals surface area (Å²) >= 11 is 0. The first-order valence-corrected chi connectivity index (χ1v) is 6.27. The summed E-state index contributed by atoms with van der Waals surface area (Å²) in [6, 6.07) is 6.73. The molecule has 20 heavy (non-hydrogen) atoms. The van der Waals surface area contributed by atoms with E-state index in [1.165, 1.54) is 0 Å². The Morgan fingerprint density at radius 3 is 2.80 bits per heavy atom. The standard InChI is InChI=1S/C14H17N3O3/c1-4-19-14(18)10-6-5-7-11(15)13(10)20-12-8-9(2)16-17(12)3/h5-8H,4,15H2,1-3H3. The molecule has 1 aromatic carbocycles. The van der Waals surface area contributed by atoms with Gasteiger partial charge < -0.3 is 15.2 Å². The van der Waals surface area contributed by atoms with Gasteiger partial charge in [-0.3, -0.25) is 0 Å². The lowest BCUT2D eigenvalue weighted by molar-refractivity contribution is 0.0523. The van der Waals surface area contributed by atoms with Crippen LogP contribution < -0.4 is 10.5 Å². The fraction of sp³-hybridized carbons (Fsp3) is 0.286. The second-order valence-electron chi connectivity index (χ2n) is 4.29. The topological polar surface area (TPSA) is 79.4 Å². The molecule has 0 unspecified atom stereocenters. The van der Waals surface area contributed by atoms with Gasteiger partial charge in [-0.2, -0.15) is 5.10 Å². The smallest absolute Gasteiger partial charge is 0.342 e. The quantitative estimate of drug-likeness (QED) is 0.684. The van der Waals surface area contributed by atoms with Crippen LogP contribution in [0.3, 0.4) is 0 Å².